The number of furan rings is 1. The van der Waals surface area contributed by atoms with Crippen molar-refractivity contribution >= 4 is 5.97 Å². The zero-order chi connectivity index (χ0) is 14.5. The Balaban J connectivity index is 1.99. The van der Waals surface area contributed by atoms with E-state index in [4.69, 9.17) is 14.3 Å². The molecule has 0 saturated heterocycles. The van der Waals surface area contributed by atoms with Gasteiger partial charge in [-0.15, -0.1) is 0 Å². The molecule has 0 radical (unpaired) electrons. The lowest BCUT2D eigenvalue weighted by molar-refractivity contribution is 0.0661. The fourth-order valence-electron chi connectivity index (χ4n) is 1.97. The molecule has 4 heteroatoms. The van der Waals surface area contributed by atoms with Gasteiger partial charge in [0.2, 0.25) is 5.76 Å². The summed E-state index contributed by atoms with van der Waals surface area (Å²) < 4.78 is 10.8. The second kappa shape index (κ2) is 6.28. The Hall–Kier alpha value is -2.23. The molecule has 20 heavy (non-hydrogen) atoms. The van der Waals surface area contributed by atoms with Gasteiger partial charge < -0.3 is 14.3 Å². The molecule has 0 unspecified atom stereocenters. The number of hydrogen-bond acceptors (Lipinski definition) is 3. The number of aryl methyl sites for hydroxylation is 2. The van der Waals surface area contributed by atoms with Crippen molar-refractivity contribution in [1.82, 2.24) is 0 Å². The molecule has 2 aromatic rings. The number of carboxylic acid groups (broad SMARTS) is 1. The topological polar surface area (TPSA) is 59.7 Å². The van der Waals surface area contributed by atoms with Crippen molar-refractivity contribution < 1.29 is 19.1 Å². The summed E-state index contributed by atoms with van der Waals surface area (Å²) >= 11 is 0. The summed E-state index contributed by atoms with van der Waals surface area (Å²) in [5.74, 6) is 0.218. The summed E-state index contributed by atoms with van der Waals surface area (Å²) in [7, 11) is 0. The Labute approximate surface area is 118 Å². The molecular formula is C16H18O4. The van der Waals surface area contributed by atoms with Crippen LogP contribution < -0.4 is 4.74 Å². The molecule has 0 spiro atoms. The minimum absolute atomic E-state index is 0.0561. The smallest absolute Gasteiger partial charge is 0.371 e. The van der Waals surface area contributed by atoms with E-state index in [-0.39, 0.29) is 5.76 Å². The third-order valence-electron chi connectivity index (χ3n) is 3.09. The molecular weight excluding hydrogens is 256 g/mol. The predicted octanol–water partition coefficient (Wildman–Crippen LogP) is 3.82. The largest absolute Gasteiger partial charge is 0.489 e. The molecule has 0 aliphatic carbocycles. The molecule has 0 bridgehead atoms. The van der Waals surface area contributed by atoms with Crippen molar-refractivity contribution in [3.05, 3.63) is 53.0 Å². The lowest BCUT2D eigenvalue weighted by Gasteiger charge is -2.06. The van der Waals surface area contributed by atoms with Gasteiger partial charge in [0.15, 0.2) is 0 Å². The molecule has 0 atom stereocenters. The summed E-state index contributed by atoms with van der Waals surface area (Å²) in [5.41, 5.74) is 2.03. The van der Waals surface area contributed by atoms with E-state index in [9.17, 15) is 4.79 Å². The van der Waals surface area contributed by atoms with Crippen molar-refractivity contribution in [3.8, 4) is 5.75 Å². The Kier molecular flexibility index (Phi) is 4.45. The average molecular weight is 274 g/mol. The van der Waals surface area contributed by atoms with Crippen molar-refractivity contribution in [1.29, 1.82) is 0 Å². The summed E-state index contributed by atoms with van der Waals surface area (Å²) in [6.07, 6.45) is 2.18. The van der Waals surface area contributed by atoms with Gasteiger partial charge >= 0.3 is 5.97 Å². The Morgan fingerprint density at radius 3 is 2.55 bits per heavy atom. The Bertz CT molecular complexity index is 581. The van der Waals surface area contributed by atoms with Gasteiger partial charge in [0.1, 0.15) is 18.1 Å². The average Bonchev–Trinajstić information content (AvgIpc) is 2.80. The quantitative estimate of drug-likeness (QED) is 0.870. The first-order chi connectivity index (χ1) is 9.60. The van der Waals surface area contributed by atoms with E-state index in [1.54, 1.807) is 6.92 Å². The van der Waals surface area contributed by atoms with Crippen molar-refractivity contribution in [2.75, 3.05) is 0 Å². The fourth-order valence-corrected chi connectivity index (χ4v) is 1.97. The highest BCUT2D eigenvalue weighted by Gasteiger charge is 2.13. The summed E-state index contributed by atoms with van der Waals surface area (Å²) in [5, 5.41) is 8.85. The lowest BCUT2D eigenvalue weighted by atomic mass is 10.1. The van der Waals surface area contributed by atoms with Crippen molar-refractivity contribution in [2.24, 2.45) is 0 Å². The lowest BCUT2D eigenvalue weighted by Crippen LogP contribution is -1.96. The highest BCUT2D eigenvalue weighted by Crippen LogP contribution is 2.19. The van der Waals surface area contributed by atoms with Crippen LogP contribution in [0.3, 0.4) is 0 Å². The number of ether oxygens (including phenoxy) is 1. The first-order valence-corrected chi connectivity index (χ1v) is 6.64. The maximum Gasteiger partial charge on any atom is 0.371 e. The molecule has 1 N–H and O–H groups in total. The number of benzene rings is 1. The molecule has 2 rings (SSSR count). The monoisotopic (exact) mass is 274 g/mol. The van der Waals surface area contributed by atoms with E-state index in [0.717, 1.165) is 24.2 Å². The van der Waals surface area contributed by atoms with Crippen molar-refractivity contribution in [2.45, 2.75) is 33.3 Å². The van der Waals surface area contributed by atoms with Crippen LogP contribution in [0.4, 0.5) is 0 Å². The standard InChI is InChI=1S/C16H18O4/c1-3-4-12-5-7-14(8-6-12)19-10-13-9-15(16(17)18)20-11(13)2/h5-9H,3-4,10H2,1-2H3,(H,17,18). The molecule has 0 fully saturated rings. The van der Waals surface area contributed by atoms with Gasteiger partial charge in [0.25, 0.3) is 0 Å². The van der Waals surface area contributed by atoms with Gasteiger partial charge in [-0.1, -0.05) is 25.5 Å². The fraction of sp³-hybridized carbons (Fsp3) is 0.312. The van der Waals surface area contributed by atoms with E-state index >= 15 is 0 Å². The van der Waals surface area contributed by atoms with Gasteiger partial charge in [0.05, 0.1) is 0 Å². The molecule has 0 aliphatic heterocycles. The number of rotatable bonds is 6. The summed E-state index contributed by atoms with van der Waals surface area (Å²) in [4.78, 5) is 10.8. The van der Waals surface area contributed by atoms with Crippen molar-refractivity contribution in [3.63, 3.8) is 0 Å². The number of carboxylic acids is 1. The second-order valence-electron chi connectivity index (χ2n) is 4.68. The molecule has 0 aliphatic rings. The van der Waals surface area contributed by atoms with Crippen LogP contribution >= 0.6 is 0 Å². The van der Waals surface area contributed by atoms with E-state index in [1.807, 2.05) is 24.3 Å². The first-order valence-electron chi connectivity index (χ1n) is 6.64. The van der Waals surface area contributed by atoms with Gasteiger partial charge in [-0.2, -0.15) is 0 Å². The molecule has 0 saturated carbocycles. The Morgan fingerprint density at radius 2 is 2.00 bits per heavy atom. The molecule has 1 heterocycles. The third kappa shape index (κ3) is 3.41. The second-order valence-corrected chi connectivity index (χ2v) is 4.68. The van der Waals surface area contributed by atoms with Crippen LogP contribution in [0.2, 0.25) is 0 Å². The molecule has 106 valence electrons. The number of carbonyl (C=O) groups is 1. The SMILES string of the molecule is CCCc1ccc(OCc2cc(C(=O)O)oc2C)cc1. The van der Waals surface area contributed by atoms with E-state index < -0.39 is 5.97 Å². The van der Waals surface area contributed by atoms with Gasteiger partial charge in [-0.25, -0.2) is 4.79 Å². The van der Waals surface area contributed by atoms with Gasteiger partial charge in [0, 0.05) is 5.56 Å². The molecule has 1 aromatic heterocycles. The summed E-state index contributed by atoms with van der Waals surface area (Å²) in [6.45, 7) is 4.18. The predicted molar refractivity (Wildman–Crippen MR) is 75.2 cm³/mol. The zero-order valence-electron chi connectivity index (χ0n) is 11.7. The summed E-state index contributed by atoms with van der Waals surface area (Å²) in [6, 6.07) is 9.45. The van der Waals surface area contributed by atoms with Gasteiger partial charge in [-0.3, -0.25) is 0 Å². The van der Waals surface area contributed by atoms with Crippen LogP contribution in [-0.4, -0.2) is 11.1 Å². The zero-order valence-corrected chi connectivity index (χ0v) is 11.7. The van der Waals surface area contributed by atoms with Crippen LogP contribution in [0.25, 0.3) is 0 Å². The van der Waals surface area contributed by atoms with Crippen LogP contribution in [0.5, 0.6) is 5.75 Å². The van der Waals surface area contributed by atoms with Crippen LogP contribution in [0.15, 0.2) is 34.7 Å². The molecule has 0 amide bonds. The van der Waals surface area contributed by atoms with Crippen LogP contribution in [0.1, 0.15) is 40.8 Å². The van der Waals surface area contributed by atoms with E-state index in [0.29, 0.717) is 12.4 Å². The van der Waals surface area contributed by atoms with Gasteiger partial charge in [-0.05, 0) is 37.1 Å². The highest BCUT2D eigenvalue weighted by molar-refractivity contribution is 5.84. The molecule has 4 nitrogen and oxygen atoms in total. The van der Waals surface area contributed by atoms with E-state index in [2.05, 4.69) is 6.92 Å². The highest BCUT2D eigenvalue weighted by atomic mass is 16.5. The third-order valence-corrected chi connectivity index (χ3v) is 3.09. The minimum atomic E-state index is -1.07. The Morgan fingerprint density at radius 1 is 1.30 bits per heavy atom. The maximum absolute atomic E-state index is 10.8. The molecule has 1 aromatic carbocycles. The van der Waals surface area contributed by atoms with E-state index in [1.165, 1.54) is 11.6 Å². The van der Waals surface area contributed by atoms with Crippen LogP contribution in [0, 0.1) is 6.92 Å². The number of hydrogen-bond donors (Lipinski definition) is 1. The van der Waals surface area contributed by atoms with Crippen LogP contribution in [-0.2, 0) is 13.0 Å². The maximum atomic E-state index is 10.8. The number of aromatic carboxylic acids is 1. The minimum Gasteiger partial charge on any atom is -0.489 e. The first kappa shape index (κ1) is 14.2. The normalized spacial score (nSPS) is 10.5.